The fourth-order valence-electron chi connectivity index (χ4n) is 10.5. The van der Waals surface area contributed by atoms with Crippen molar-refractivity contribution in [1.29, 1.82) is 0 Å². The largest absolute Gasteiger partial charge is 0.456 e. The Hall–Kier alpha value is -8.14. The van der Waals surface area contributed by atoms with Crippen molar-refractivity contribution >= 4 is 71.7 Å². The summed E-state index contributed by atoms with van der Waals surface area (Å²) in [4.78, 5) is 2.44. The van der Waals surface area contributed by atoms with Gasteiger partial charge in [-0.05, 0) is 81.1 Å². The predicted molar refractivity (Wildman–Crippen MR) is 256 cm³/mol. The normalized spacial score (nSPS) is 13.0. The fourth-order valence-corrected chi connectivity index (χ4v) is 10.5. The number of fused-ring (bicyclic) bond motifs is 10. The Balaban J connectivity index is 1.12. The molecule has 0 bridgehead atoms. The Bertz CT molecular complexity index is 3670. The van der Waals surface area contributed by atoms with E-state index < -0.39 is 5.41 Å². The summed E-state index contributed by atoms with van der Waals surface area (Å²) in [5, 5.41) is 6.76. The average Bonchev–Trinajstić information content (AvgIpc) is 4.00. The van der Waals surface area contributed by atoms with E-state index >= 15 is 0 Å². The van der Waals surface area contributed by atoms with Gasteiger partial charge in [0.15, 0.2) is 0 Å². The predicted octanol–water partition coefficient (Wildman–Crippen LogP) is 16.1. The van der Waals surface area contributed by atoms with Crippen LogP contribution in [-0.2, 0) is 5.41 Å². The summed E-state index contributed by atoms with van der Waals surface area (Å²) in [7, 11) is 0. The van der Waals surface area contributed by atoms with Crippen LogP contribution in [0.25, 0.3) is 76.9 Å². The van der Waals surface area contributed by atoms with E-state index in [9.17, 15) is 0 Å². The van der Waals surface area contributed by atoms with Gasteiger partial charge in [0.2, 0.25) is 0 Å². The van der Waals surface area contributed by atoms with E-state index in [2.05, 4.69) is 217 Å². The van der Waals surface area contributed by atoms with Crippen LogP contribution in [0.3, 0.4) is 0 Å². The number of nitrogens with zero attached hydrogens (tertiary/aromatic N) is 1. The third kappa shape index (κ3) is 4.94. The molecule has 10 aromatic carbocycles. The van der Waals surface area contributed by atoms with E-state index in [0.29, 0.717) is 0 Å². The third-order valence-corrected chi connectivity index (χ3v) is 13.1. The first-order chi connectivity index (χ1) is 30.8. The van der Waals surface area contributed by atoms with Gasteiger partial charge in [-0.15, -0.1) is 0 Å². The number of anilines is 3. The van der Waals surface area contributed by atoms with Gasteiger partial charge in [-0.2, -0.15) is 0 Å². The molecule has 12 aromatic rings. The number of hydrogen-bond acceptors (Lipinski definition) is 3. The lowest BCUT2D eigenvalue weighted by atomic mass is 9.68. The molecular formula is C59H37NO2. The standard InChI is InChI=1S/C59H37NO2/c1-3-19-40(20-4-1)59(41-21-5-2-6-22-41)50-28-12-9-25-48(50)57-51(59)29-16-31-53(57)60(42-33-34-45-44-24-11-14-32-54(44)61-56(45)37-42)52-30-13-10-23-43(52)46-26-15-27-47-49-35-38-17-7-8-18-39(38)36-55(49)62-58(46)47/h1-37H. The maximum atomic E-state index is 6.90. The van der Waals surface area contributed by atoms with Crippen LogP contribution < -0.4 is 4.90 Å². The zero-order chi connectivity index (χ0) is 40.8. The number of hydrogen-bond donors (Lipinski definition) is 0. The Kier molecular flexibility index (Phi) is 7.52. The Labute approximate surface area is 358 Å². The zero-order valence-corrected chi connectivity index (χ0v) is 33.6. The van der Waals surface area contributed by atoms with Gasteiger partial charge in [-0.1, -0.05) is 176 Å². The first-order valence-corrected chi connectivity index (χ1v) is 21.2. The van der Waals surface area contributed by atoms with Crippen LogP contribution >= 0.6 is 0 Å². The maximum absolute atomic E-state index is 6.90. The van der Waals surface area contributed by atoms with Crippen molar-refractivity contribution in [1.82, 2.24) is 0 Å². The molecule has 0 fully saturated rings. The van der Waals surface area contributed by atoms with Crippen LogP contribution in [0.2, 0.25) is 0 Å². The van der Waals surface area contributed by atoms with Gasteiger partial charge in [-0.3, -0.25) is 0 Å². The first-order valence-electron chi connectivity index (χ1n) is 21.2. The van der Waals surface area contributed by atoms with Crippen molar-refractivity contribution < 1.29 is 8.83 Å². The summed E-state index contributed by atoms with van der Waals surface area (Å²) in [6.45, 7) is 0. The quantitative estimate of drug-likeness (QED) is 0.168. The highest BCUT2D eigenvalue weighted by Crippen LogP contribution is 2.60. The summed E-state index contributed by atoms with van der Waals surface area (Å²) in [6, 6.07) is 81.0. The molecular weight excluding hydrogens is 755 g/mol. The zero-order valence-electron chi connectivity index (χ0n) is 33.6. The van der Waals surface area contributed by atoms with Crippen LogP contribution in [0.1, 0.15) is 22.3 Å². The Morgan fingerprint density at radius 1 is 0.339 bits per heavy atom. The smallest absolute Gasteiger partial charge is 0.143 e. The van der Waals surface area contributed by atoms with Crippen molar-refractivity contribution in [2.75, 3.05) is 4.90 Å². The molecule has 0 radical (unpaired) electrons. The van der Waals surface area contributed by atoms with Crippen LogP contribution in [-0.4, -0.2) is 0 Å². The highest BCUT2D eigenvalue weighted by molar-refractivity contribution is 6.14. The number of furan rings is 2. The fraction of sp³-hybridized carbons (Fsp3) is 0.0169. The second-order valence-electron chi connectivity index (χ2n) is 16.3. The second-order valence-corrected chi connectivity index (χ2v) is 16.3. The van der Waals surface area contributed by atoms with Gasteiger partial charge in [0, 0.05) is 50.0 Å². The lowest BCUT2D eigenvalue weighted by molar-refractivity contribution is 0.669. The molecule has 1 aliphatic rings. The van der Waals surface area contributed by atoms with Crippen LogP contribution in [0.5, 0.6) is 0 Å². The molecule has 0 unspecified atom stereocenters. The molecule has 2 aromatic heterocycles. The molecule has 0 atom stereocenters. The molecule has 0 amide bonds. The van der Waals surface area contributed by atoms with Crippen LogP contribution in [0, 0.1) is 0 Å². The van der Waals surface area contributed by atoms with E-state index in [1.54, 1.807) is 0 Å². The molecule has 3 heteroatoms. The molecule has 0 spiro atoms. The molecule has 13 rings (SSSR count). The van der Waals surface area contributed by atoms with Crippen molar-refractivity contribution in [3.05, 3.63) is 247 Å². The minimum Gasteiger partial charge on any atom is -0.456 e. The first kappa shape index (κ1) is 34.7. The van der Waals surface area contributed by atoms with Gasteiger partial charge in [0.25, 0.3) is 0 Å². The van der Waals surface area contributed by atoms with Gasteiger partial charge in [-0.25, -0.2) is 0 Å². The topological polar surface area (TPSA) is 29.5 Å². The Morgan fingerprint density at radius 2 is 0.919 bits per heavy atom. The maximum Gasteiger partial charge on any atom is 0.143 e. The van der Waals surface area contributed by atoms with Crippen molar-refractivity contribution in [2.24, 2.45) is 0 Å². The average molecular weight is 792 g/mol. The summed E-state index contributed by atoms with van der Waals surface area (Å²) >= 11 is 0. The highest BCUT2D eigenvalue weighted by atomic mass is 16.3. The molecule has 0 saturated heterocycles. The molecule has 1 aliphatic carbocycles. The molecule has 3 nitrogen and oxygen atoms in total. The molecule has 2 heterocycles. The van der Waals surface area contributed by atoms with E-state index in [0.717, 1.165) is 77.5 Å². The van der Waals surface area contributed by atoms with Gasteiger partial charge < -0.3 is 13.7 Å². The SMILES string of the molecule is c1ccc(C2(c3ccccc3)c3ccccc3-c3c(N(c4ccc5c(c4)oc4ccccc45)c4ccccc4-c4cccc5c4oc4cc6ccccc6cc45)cccc32)cc1. The monoisotopic (exact) mass is 791 g/mol. The summed E-state index contributed by atoms with van der Waals surface area (Å²) in [5.74, 6) is 0. The number of benzene rings is 10. The second kappa shape index (κ2) is 13.4. The molecule has 0 N–H and O–H groups in total. The molecule has 62 heavy (non-hydrogen) atoms. The summed E-state index contributed by atoms with van der Waals surface area (Å²) in [5.41, 5.74) is 15.5. The summed E-state index contributed by atoms with van der Waals surface area (Å²) in [6.07, 6.45) is 0. The van der Waals surface area contributed by atoms with Gasteiger partial charge in [0.05, 0.1) is 16.8 Å². The van der Waals surface area contributed by atoms with Gasteiger partial charge in [0.1, 0.15) is 22.3 Å². The lowest BCUT2D eigenvalue weighted by Crippen LogP contribution is -2.28. The molecule has 0 aliphatic heterocycles. The van der Waals surface area contributed by atoms with E-state index in [1.165, 1.54) is 38.8 Å². The molecule has 290 valence electrons. The van der Waals surface area contributed by atoms with E-state index in [-0.39, 0.29) is 0 Å². The summed E-state index contributed by atoms with van der Waals surface area (Å²) < 4.78 is 13.5. The Morgan fingerprint density at radius 3 is 1.74 bits per heavy atom. The van der Waals surface area contributed by atoms with E-state index in [1.807, 2.05) is 12.1 Å². The molecule has 0 saturated carbocycles. The highest BCUT2D eigenvalue weighted by Gasteiger charge is 2.47. The van der Waals surface area contributed by atoms with Crippen LogP contribution in [0.15, 0.2) is 233 Å². The van der Waals surface area contributed by atoms with Crippen molar-refractivity contribution in [3.63, 3.8) is 0 Å². The van der Waals surface area contributed by atoms with Crippen molar-refractivity contribution in [3.8, 4) is 22.3 Å². The number of para-hydroxylation sites is 3. The van der Waals surface area contributed by atoms with Crippen molar-refractivity contribution in [2.45, 2.75) is 5.41 Å². The van der Waals surface area contributed by atoms with E-state index in [4.69, 9.17) is 8.83 Å². The third-order valence-electron chi connectivity index (χ3n) is 13.1. The van der Waals surface area contributed by atoms with Crippen LogP contribution in [0.4, 0.5) is 17.1 Å². The number of rotatable bonds is 6. The van der Waals surface area contributed by atoms with Gasteiger partial charge >= 0.3 is 0 Å². The lowest BCUT2D eigenvalue weighted by Gasteiger charge is -2.34. The minimum absolute atomic E-state index is 0.554. The minimum atomic E-state index is -0.554.